The highest BCUT2D eigenvalue weighted by atomic mass is 16.4. The quantitative estimate of drug-likeness (QED) is 0.398. The predicted molar refractivity (Wildman–Crippen MR) is 49.5 cm³/mol. The minimum absolute atomic E-state index is 0.408. The number of carbonyl (C=O) groups excluding carboxylic acids is 1. The molecule has 0 bridgehead atoms. The average Bonchev–Trinajstić information content (AvgIpc) is 2.16. The van der Waals surface area contributed by atoms with Crippen LogP contribution in [-0.2, 0) is 4.79 Å². The van der Waals surface area contributed by atoms with Crippen LogP contribution in [0.4, 0.5) is 5.69 Å². The van der Waals surface area contributed by atoms with Crippen LogP contribution >= 0.6 is 0 Å². The van der Waals surface area contributed by atoms with Crippen molar-refractivity contribution in [3.05, 3.63) is 35.4 Å². The largest absolute Gasteiger partial charge is 0.544 e. The number of carboxylic acids is 1. The Morgan fingerprint density at radius 3 is 2.43 bits per heavy atom. The maximum absolute atomic E-state index is 10.4. The summed E-state index contributed by atoms with van der Waals surface area (Å²) in [5.41, 5.74) is 6.20. The van der Waals surface area contributed by atoms with E-state index in [0.717, 1.165) is 0 Å². The van der Waals surface area contributed by atoms with Crippen LogP contribution < -0.4 is 10.8 Å². The minimum Gasteiger partial charge on any atom is -0.544 e. The first kappa shape index (κ1) is 9.81. The Kier molecular flexibility index (Phi) is 2.87. The third-order valence-corrected chi connectivity index (χ3v) is 1.59. The van der Waals surface area contributed by atoms with Gasteiger partial charge in [-0.15, -0.1) is 0 Å². The van der Waals surface area contributed by atoms with E-state index in [2.05, 4.69) is 0 Å². The summed E-state index contributed by atoms with van der Waals surface area (Å²) >= 11 is 0. The van der Waals surface area contributed by atoms with Gasteiger partial charge in [-0.1, -0.05) is 12.1 Å². The van der Waals surface area contributed by atoms with Crippen molar-refractivity contribution in [1.82, 2.24) is 0 Å². The average molecular weight is 187 g/mol. The van der Waals surface area contributed by atoms with Gasteiger partial charge >= 0.3 is 0 Å². The lowest BCUT2D eigenvalue weighted by Gasteiger charge is -1.99. The van der Waals surface area contributed by atoms with Crippen molar-refractivity contribution in [2.24, 2.45) is 0 Å². The van der Waals surface area contributed by atoms with E-state index >= 15 is 0 Å². The number of carbonyl (C=O) groups is 1. The van der Waals surface area contributed by atoms with E-state index in [4.69, 9.17) is 11.0 Å². The van der Waals surface area contributed by atoms with Crippen molar-refractivity contribution < 1.29 is 9.90 Å². The van der Waals surface area contributed by atoms with Crippen LogP contribution in [0.1, 0.15) is 5.56 Å². The van der Waals surface area contributed by atoms with Gasteiger partial charge in [0.25, 0.3) is 0 Å². The van der Waals surface area contributed by atoms with E-state index in [0.29, 0.717) is 11.3 Å². The van der Waals surface area contributed by atoms with Crippen LogP contribution in [0.25, 0.3) is 6.08 Å². The number of benzene rings is 1. The second kappa shape index (κ2) is 4.10. The summed E-state index contributed by atoms with van der Waals surface area (Å²) in [5.74, 6) is -1.48. The summed E-state index contributed by atoms with van der Waals surface area (Å²) in [6, 6.07) is 8.02. The third-order valence-electron chi connectivity index (χ3n) is 1.59. The fourth-order valence-electron chi connectivity index (χ4n) is 0.896. The highest BCUT2D eigenvalue weighted by molar-refractivity contribution is 5.95. The summed E-state index contributed by atoms with van der Waals surface area (Å²) in [6.45, 7) is 0. The fraction of sp³-hybridized carbons (Fsp3) is 0. The van der Waals surface area contributed by atoms with Gasteiger partial charge < -0.3 is 15.6 Å². The first-order chi connectivity index (χ1) is 6.63. The number of nitrogens with two attached hydrogens (primary N) is 1. The van der Waals surface area contributed by atoms with E-state index in [-0.39, 0.29) is 0 Å². The molecule has 2 N–H and O–H groups in total. The van der Waals surface area contributed by atoms with Crippen LogP contribution in [0.5, 0.6) is 0 Å². The van der Waals surface area contributed by atoms with Crippen molar-refractivity contribution >= 4 is 17.7 Å². The van der Waals surface area contributed by atoms with Gasteiger partial charge in [0.1, 0.15) is 6.07 Å². The number of anilines is 1. The van der Waals surface area contributed by atoms with Crippen LogP contribution in [0.2, 0.25) is 0 Å². The Morgan fingerprint density at radius 1 is 1.43 bits per heavy atom. The number of nitriles is 1. The molecule has 0 spiro atoms. The lowest BCUT2D eigenvalue weighted by atomic mass is 10.1. The maximum Gasteiger partial charge on any atom is 0.101 e. The highest BCUT2D eigenvalue weighted by Crippen LogP contribution is 2.09. The van der Waals surface area contributed by atoms with Crippen LogP contribution in [0.3, 0.4) is 0 Å². The predicted octanol–water partition coefficient (Wildman–Crippen LogP) is -0.0743. The van der Waals surface area contributed by atoms with Gasteiger partial charge in [0.2, 0.25) is 0 Å². The molecular formula is C10H7N2O2-. The molecule has 0 aromatic heterocycles. The first-order valence-corrected chi connectivity index (χ1v) is 3.82. The van der Waals surface area contributed by atoms with Gasteiger partial charge in [-0.25, -0.2) is 0 Å². The molecular weight excluding hydrogens is 180 g/mol. The molecule has 0 fully saturated rings. The lowest BCUT2D eigenvalue weighted by Crippen LogP contribution is -2.23. The zero-order valence-electron chi connectivity index (χ0n) is 7.23. The molecule has 1 rings (SSSR count). The second-order valence-electron chi connectivity index (χ2n) is 2.62. The van der Waals surface area contributed by atoms with Crippen molar-refractivity contribution in [2.45, 2.75) is 0 Å². The number of carboxylic acid groups (broad SMARTS) is 1. The Bertz CT molecular complexity index is 413. The Balaban J connectivity index is 3.03. The molecule has 0 radical (unpaired) electrons. The SMILES string of the molecule is N#C/C(=C\c1ccc(N)cc1)C(=O)[O-]. The third kappa shape index (κ3) is 2.35. The molecule has 4 heteroatoms. The van der Waals surface area contributed by atoms with E-state index in [1.807, 2.05) is 0 Å². The number of nitrogens with zero attached hydrogens (tertiary/aromatic N) is 1. The molecule has 0 aliphatic heterocycles. The van der Waals surface area contributed by atoms with E-state index in [9.17, 15) is 9.90 Å². The van der Waals surface area contributed by atoms with Crippen LogP contribution in [-0.4, -0.2) is 5.97 Å². The molecule has 4 nitrogen and oxygen atoms in total. The summed E-state index contributed by atoms with van der Waals surface area (Å²) in [7, 11) is 0. The van der Waals surface area contributed by atoms with Crippen molar-refractivity contribution in [3.63, 3.8) is 0 Å². The zero-order valence-corrected chi connectivity index (χ0v) is 7.23. The molecule has 1 aromatic carbocycles. The molecule has 0 amide bonds. The standard InChI is InChI=1S/C10H8N2O2/c11-6-8(10(13)14)5-7-1-3-9(12)4-2-7/h1-5H,12H2,(H,13,14)/p-1/b8-5+. The topological polar surface area (TPSA) is 89.9 Å². The smallest absolute Gasteiger partial charge is 0.101 e. The number of hydrogen-bond acceptors (Lipinski definition) is 4. The number of nitrogen functional groups attached to an aromatic ring is 1. The molecule has 0 aliphatic rings. The van der Waals surface area contributed by atoms with Crippen molar-refractivity contribution in [1.29, 1.82) is 5.26 Å². The summed E-state index contributed by atoms with van der Waals surface area (Å²) < 4.78 is 0. The van der Waals surface area contributed by atoms with Crippen LogP contribution in [0.15, 0.2) is 29.8 Å². The van der Waals surface area contributed by atoms with Gasteiger partial charge in [0, 0.05) is 5.69 Å². The lowest BCUT2D eigenvalue weighted by molar-refractivity contribution is -0.298. The monoisotopic (exact) mass is 187 g/mol. The summed E-state index contributed by atoms with van der Waals surface area (Å²) in [6.07, 6.45) is 1.23. The first-order valence-electron chi connectivity index (χ1n) is 3.82. The highest BCUT2D eigenvalue weighted by Gasteiger charge is 1.96. The fourth-order valence-corrected chi connectivity index (χ4v) is 0.896. The van der Waals surface area contributed by atoms with Gasteiger partial charge in [0.05, 0.1) is 11.5 Å². The van der Waals surface area contributed by atoms with Gasteiger partial charge in [0.15, 0.2) is 0 Å². The minimum atomic E-state index is -1.48. The molecule has 0 atom stereocenters. The van der Waals surface area contributed by atoms with Crippen molar-refractivity contribution in [2.75, 3.05) is 5.73 Å². The molecule has 1 aromatic rings. The second-order valence-corrected chi connectivity index (χ2v) is 2.62. The Labute approximate surface area is 80.9 Å². The van der Waals surface area contributed by atoms with Crippen LogP contribution in [0, 0.1) is 11.3 Å². The Morgan fingerprint density at radius 2 is 2.00 bits per heavy atom. The van der Waals surface area contributed by atoms with Crippen molar-refractivity contribution in [3.8, 4) is 6.07 Å². The number of aliphatic carboxylic acids is 1. The summed E-state index contributed by atoms with van der Waals surface area (Å²) in [5, 5.41) is 18.8. The molecule has 0 aliphatic carbocycles. The zero-order chi connectivity index (χ0) is 10.6. The number of rotatable bonds is 2. The molecule has 0 heterocycles. The molecule has 0 unspecified atom stereocenters. The van der Waals surface area contributed by atoms with Gasteiger partial charge in [-0.3, -0.25) is 0 Å². The molecule has 70 valence electrons. The summed E-state index contributed by atoms with van der Waals surface area (Å²) in [4.78, 5) is 10.4. The molecule has 14 heavy (non-hydrogen) atoms. The maximum atomic E-state index is 10.4. The van der Waals surface area contributed by atoms with Gasteiger partial charge in [-0.2, -0.15) is 5.26 Å². The van der Waals surface area contributed by atoms with E-state index in [1.54, 1.807) is 24.3 Å². The van der Waals surface area contributed by atoms with E-state index in [1.165, 1.54) is 12.1 Å². The van der Waals surface area contributed by atoms with E-state index < -0.39 is 11.5 Å². The van der Waals surface area contributed by atoms with Gasteiger partial charge in [-0.05, 0) is 23.8 Å². The Hall–Kier alpha value is -2.28. The number of hydrogen-bond donors (Lipinski definition) is 1. The molecule has 0 saturated carbocycles. The normalized spacial score (nSPS) is 10.6. The molecule has 0 saturated heterocycles.